The van der Waals surface area contributed by atoms with Gasteiger partial charge in [-0.15, -0.1) is 11.3 Å². The van der Waals surface area contributed by atoms with Crippen LogP contribution in [0.3, 0.4) is 0 Å². The summed E-state index contributed by atoms with van der Waals surface area (Å²) in [5.41, 5.74) is 3.46. The van der Waals surface area contributed by atoms with Gasteiger partial charge < -0.3 is 14.6 Å². The SMILES string of the molecule is Oc1nc(C2=CCCC=N2)nc2c(-c3ccc(OC4CCOCC4)cc3)csc12. The number of allylic oxidation sites excluding steroid dienone is 1. The van der Waals surface area contributed by atoms with E-state index in [0.29, 0.717) is 16.2 Å². The summed E-state index contributed by atoms with van der Waals surface area (Å²) in [6.07, 6.45) is 7.77. The van der Waals surface area contributed by atoms with Crippen molar-refractivity contribution in [2.24, 2.45) is 4.99 Å². The molecule has 2 aliphatic rings. The molecule has 0 bridgehead atoms. The molecule has 0 atom stereocenters. The first-order valence-corrected chi connectivity index (χ1v) is 10.7. The Morgan fingerprint density at radius 1 is 1.07 bits per heavy atom. The highest BCUT2D eigenvalue weighted by atomic mass is 32.1. The Morgan fingerprint density at radius 3 is 2.66 bits per heavy atom. The smallest absolute Gasteiger partial charge is 0.233 e. The average molecular weight is 407 g/mol. The number of hydrogen-bond acceptors (Lipinski definition) is 7. The number of rotatable bonds is 4. The van der Waals surface area contributed by atoms with Crippen molar-refractivity contribution < 1.29 is 14.6 Å². The predicted octanol–water partition coefficient (Wildman–Crippen LogP) is 4.83. The van der Waals surface area contributed by atoms with Gasteiger partial charge in [0.1, 0.15) is 22.3 Å². The van der Waals surface area contributed by atoms with Crippen molar-refractivity contribution in [2.45, 2.75) is 31.8 Å². The maximum absolute atomic E-state index is 10.4. The monoisotopic (exact) mass is 407 g/mol. The van der Waals surface area contributed by atoms with E-state index < -0.39 is 0 Å². The van der Waals surface area contributed by atoms with Gasteiger partial charge in [-0.25, -0.2) is 4.98 Å². The molecule has 6 nitrogen and oxygen atoms in total. The second kappa shape index (κ2) is 7.93. The lowest BCUT2D eigenvalue weighted by atomic mass is 10.1. The summed E-state index contributed by atoms with van der Waals surface area (Å²) >= 11 is 1.45. The molecule has 3 aromatic rings. The van der Waals surface area contributed by atoms with Crippen LogP contribution in [0.4, 0.5) is 0 Å². The zero-order valence-electron chi connectivity index (χ0n) is 15.9. The third-order valence-electron chi connectivity index (χ3n) is 5.13. The van der Waals surface area contributed by atoms with Gasteiger partial charge in [0.15, 0.2) is 5.82 Å². The lowest BCUT2D eigenvalue weighted by molar-refractivity contribution is 0.0256. The molecular formula is C22H21N3O3S. The molecule has 2 aromatic heterocycles. The Hall–Kier alpha value is -2.77. The predicted molar refractivity (Wildman–Crippen MR) is 115 cm³/mol. The lowest BCUT2D eigenvalue weighted by Gasteiger charge is -2.23. The van der Waals surface area contributed by atoms with Crippen molar-refractivity contribution >= 4 is 33.5 Å². The van der Waals surface area contributed by atoms with Crippen molar-refractivity contribution in [3.05, 3.63) is 41.5 Å². The van der Waals surface area contributed by atoms with Crippen LogP contribution in [0.2, 0.25) is 0 Å². The van der Waals surface area contributed by atoms with Crippen LogP contribution in [0.25, 0.3) is 27.0 Å². The van der Waals surface area contributed by atoms with Gasteiger partial charge in [0.05, 0.1) is 18.7 Å². The van der Waals surface area contributed by atoms with Crippen molar-refractivity contribution in [3.63, 3.8) is 0 Å². The molecule has 1 fully saturated rings. The molecule has 0 saturated carbocycles. The van der Waals surface area contributed by atoms with E-state index in [9.17, 15) is 5.11 Å². The fourth-order valence-electron chi connectivity index (χ4n) is 3.58. The van der Waals surface area contributed by atoms with Gasteiger partial charge >= 0.3 is 0 Å². The second-order valence-corrected chi connectivity index (χ2v) is 8.01. The maximum atomic E-state index is 10.4. The van der Waals surface area contributed by atoms with Crippen LogP contribution in [0.15, 0.2) is 40.7 Å². The Kier molecular flexibility index (Phi) is 4.99. The molecule has 5 rings (SSSR count). The standard InChI is InChI=1S/C22H21N3O3S/c26-22-20-19(24-21(25-22)18-3-1-2-10-23-18)17(13-29-20)14-4-6-15(7-5-14)28-16-8-11-27-12-9-16/h3-7,10,13,16H,1-2,8-9,11-12H2,(H,24,25,26). The summed E-state index contributed by atoms with van der Waals surface area (Å²) in [5.74, 6) is 1.33. The number of aliphatic imine (C=N–C) groups is 1. The molecule has 0 aliphatic carbocycles. The third kappa shape index (κ3) is 3.75. The van der Waals surface area contributed by atoms with Gasteiger partial charge in [0, 0.05) is 30.0 Å². The van der Waals surface area contributed by atoms with E-state index in [1.807, 2.05) is 41.9 Å². The maximum Gasteiger partial charge on any atom is 0.233 e. The van der Waals surface area contributed by atoms with Crippen LogP contribution in [-0.4, -0.2) is 40.6 Å². The molecule has 4 heterocycles. The highest BCUT2D eigenvalue weighted by Crippen LogP contribution is 2.38. The quantitative estimate of drug-likeness (QED) is 0.670. The first kappa shape index (κ1) is 18.3. The van der Waals surface area contributed by atoms with Crippen molar-refractivity contribution in [2.75, 3.05) is 13.2 Å². The molecule has 7 heteroatoms. The minimum Gasteiger partial charge on any atom is -0.492 e. The van der Waals surface area contributed by atoms with Gasteiger partial charge in [0.25, 0.3) is 0 Å². The number of fused-ring (bicyclic) bond motifs is 1. The largest absolute Gasteiger partial charge is 0.492 e. The van der Waals surface area contributed by atoms with Crippen LogP contribution in [0.5, 0.6) is 11.6 Å². The van der Waals surface area contributed by atoms with E-state index in [1.54, 1.807) is 0 Å². The molecule has 0 spiro atoms. The summed E-state index contributed by atoms with van der Waals surface area (Å²) in [7, 11) is 0. The zero-order valence-corrected chi connectivity index (χ0v) is 16.7. The van der Waals surface area contributed by atoms with Gasteiger partial charge in [-0.05, 0) is 30.5 Å². The van der Waals surface area contributed by atoms with Crippen LogP contribution < -0.4 is 4.74 Å². The normalized spacial score (nSPS) is 17.4. The Morgan fingerprint density at radius 2 is 1.90 bits per heavy atom. The Balaban J connectivity index is 1.45. The van der Waals surface area contributed by atoms with Crippen LogP contribution >= 0.6 is 11.3 Å². The van der Waals surface area contributed by atoms with Crippen LogP contribution in [0, 0.1) is 0 Å². The Bertz CT molecular complexity index is 1080. The lowest BCUT2D eigenvalue weighted by Crippen LogP contribution is -2.25. The number of thiophene rings is 1. The second-order valence-electron chi connectivity index (χ2n) is 7.13. The van der Waals surface area contributed by atoms with E-state index >= 15 is 0 Å². The first-order chi connectivity index (χ1) is 14.3. The topological polar surface area (TPSA) is 76.8 Å². The molecule has 1 saturated heterocycles. The third-order valence-corrected chi connectivity index (χ3v) is 6.09. The molecule has 0 radical (unpaired) electrons. The van der Waals surface area contributed by atoms with Crippen LogP contribution in [-0.2, 0) is 4.74 Å². The molecule has 0 amide bonds. The molecule has 0 unspecified atom stereocenters. The van der Waals surface area contributed by atoms with Crippen molar-refractivity contribution in [1.29, 1.82) is 0 Å². The molecule has 1 aromatic carbocycles. The van der Waals surface area contributed by atoms with E-state index in [0.717, 1.165) is 61.3 Å². The minimum absolute atomic E-state index is 0.00222. The summed E-state index contributed by atoms with van der Waals surface area (Å²) in [4.78, 5) is 13.4. The van der Waals surface area contributed by atoms with Gasteiger partial charge in [-0.3, -0.25) is 4.99 Å². The van der Waals surface area contributed by atoms with E-state index in [-0.39, 0.29) is 12.0 Å². The molecule has 148 valence electrons. The van der Waals surface area contributed by atoms with E-state index in [2.05, 4.69) is 9.98 Å². The molecule has 2 aliphatic heterocycles. The molecular weight excluding hydrogens is 386 g/mol. The Labute approximate surface area is 172 Å². The number of ether oxygens (including phenoxy) is 2. The zero-order chi connectivity index (χ0) is 19.6. The van der Waals surface area contributed by atoms with E-state index in [4.69, 9.17) is 14.5 Å². The fraction of sp³-hybridized carbons (Fsp3) is 0.318. The highest BCUT2D eigenvalue weighted by Gasteiger charge is 2.18. The van der Waals surface area contributed by atoms with Gasteiger partial charge in [0.2, 0.25) is 5.88 Å². The van der Waals surface area contributed by atoms with Crippen molar-refractivity contribution in [3.8, 4) is 22.8 Å². The van der Waals surface area contributed by atoms with Gasteiger partial charge in [-0.2, -0.15) is 4.98 Å². The number of aromatic nitrogens is 2. The summed E-state index contributed by atoms with van der Waals surface area (Å²) in [6.45, 7) is 1.52. The number of benzene rings is 1. The average Bonchev–Trinajstić information content (AvgIpc) is 3.20. The minimum atomic E-state index is 0.00222. The fourth-order valence-corrected chi connectivity index (χ4v) is 4.48. The van der Waals surface area contributed by atoms with Crippen molar-refractivity contribution in [1.82, 2.24) is 9.97 Å². The number of aromatic hydroxyl groups is 1. The van der Waals surface area contributed by atoms with Crippen LogP contribution in [0.1, 0.15) is 31.5 Å². The number of nitrogens with zero attached hydrogens (tertiary/aromatic N) is 3. The summed E-state index contributed by atoms with van der Waals surface area (Å²) in [6, 6.07) is 8.05. The first-order valence-electron chi connectivity index (χ1n) is 9.84. The highest BCUT2D eigenvalue weighted by molar-refractivity contribution is 7.18. The molecule has 29 heavy (non-hydrogen) atoms. The van der Waals surface area contributed by atoms with Gasteiger partial charge in [-0.1, -0.05) is 18.2 Å². The summed E-state index contributed by atoms with van der Waals surface area (Å²) < 4.78 is 12.1. The molecule has 1 N–H and O–H groups in total. The van der Waals surface area contributed by atoms with E-state index in [1.165, 1.54) is 11.3 Å². The summed E-state index contributed by atoms with van der Waals surface area (Å²) in [5, 5.41) is 12.4. The number of hydrogen-bond donors (Lipinski definition) is 1.